The molecule has 0 radical (unpaired) electrons. The zero-order chi connectivity index (χ0) is 21.7. The van der Waals surface area contributed by atoms with Crippen molar-refractivity contribution in [1.29, 1.82) is 0 Å². The number of rotatable bonds is 8. The molecule has 30 heavy (non-hydrogen) atoms. The van der Waals surface area contributed by atoms with Crippen molar-refractivity contribution >= 4 is 16.9 Å². The lowest BCUT2D eigenvalue weighted by Gasteiger charge is -2.18. The fraction of sp³-hybridized carbons (Fsp3) is 0.333. The van der Waals surface area contributed by atoms with Crippen LogP contribution in [0.5, 0.6) is 5.75 Å². The smallest absolute Gasteiger partial charge is 0.336 e. The molecule has 1 heterocycles. The van der Waals surface area contributed by atoms with Crippen LogP contribution in [0.2, 0.25) is 0 Å². The number of amides is 1. The number of carbonyl (C=O) groups is 1. The molecule has 3 aromatic rings. The van der Waals surface area contributed by atoms with Crippen LogP contribution in [-0.2, 0) is 4.79 Å². The van der Waals surface area contributed by atoms with Crippen LogP contribution in [0.25, 0.3) is 22.1 Å². The van der Waals surface area contributed by atoms with E-state index >= 15 is 0 Å². The van der Waals surface area contributed by atoms with Crippen LogP contribution < -0.4 is 15.7 Å². The Balaban J connectivity index is 1.82. The Labute approximate surface area is 176 Å². The molecule has 2 aromatic carbocycles. The van der Waals surface area contributed by atoms with Crippen molar-refractivity contribution in [3.05, 3.63) is 64.5 Å². The molecule has 0 aliphatic carbocycles. The average molecular weight is 408 g/mol. The largest absolute Gasteiger partial charge is 0.480 e. The normalized spacial score (nSPS) is 12.2. The topological polar surface area (TPSA) is 71.8 Å². The van der Waals surface area contributed by atoms with Crippen molar-refractivity contribution in [2.45, 2.75) is 26.4 Å². The Hall–Kier alpha value is -3.12. The van der Waals surface area contributed by atoms with Crippen LogP contribution in [0.3, 0.4) is 0 Å². The Morgan fingerprint density at radius 3 is 2.60 bits per heavy atom. The lowest BCUT2D eigenvalue weighted by atomic mass is 10.00. The molecule has 0 aliphatic rings. The van der Waals surface area contributed by atoms with Gasteiger partial charge < -0.3 is 19.4 Å². The van der Waals surface area contributed by atoms with E-state index in [1.807, 2.05) is 63.5 Å². The summed E-state index contributed by atoms with van der Waals surface area (Å²) in [6, 6.07) is 14.9. The van der Waals surface area contributed by atoms with Gasteiger partial charge in [0.05, 0.1) is 0 Å². The van der Waals surface area contributed by atoms with Gasteiger partial charge >= 0.3 is 5.63 Å². The van der Waals surface area contributed by atoms with E-state index in [0.29, 0.717) is 23.4 Å². The van der Waals surface area contributed by atoms with E-state index in [4.69, 9.17) is 9.15 Å². The SMILES string of the molecule is Cc1c(OC(C)C(=O)NCCCN(C)C)ccc2c(-c3ccccc3)cc(=O)oc12. The maximum absolute atomic E-state index is 12.3. The molecule has 0 spiro atoms. The third-order valence-electron chi connectivity index (χ3n) is 4.95. The number of nitrogens with zero attached hydrogens (tertiary/aromatic N) is 1. The summed E-state index contributed by atoms with van der Waals surface area (Å²) in [5.74, 6) is 0.347. The summed E-state index contributed by atoms with van der Waals surface area (Å²) in [5, 5.41) is 3.72. The molecule has 0 aliphatic heterocycles. The van der Waals surface area contributed by atoms with Gasteiger partial charge in [-0.3, -0.25) is 4.79 Å². The van der Waals surface area contributed by atoms with Crippen molar-refractivity contribution in [2.75, 3.05) is 27.2 Å². The minimum Gasteiger partial charge on any atom is -0.480 e. The van der Waals surface area contributed by atoms with E-state index < -0.39 is 11.7 Å². The van der Waals surface area contributed by atoms with Gasteiger partial charge in [0.25, 0.3) is 5.91 Å². The first kappa shape index (κ1) is 21.6. The molecule has 6 heteroatoms. The van der Waals surface area contributed by atoms with Gasteiger partial charge in [-0.25, -0.2) is 4.79 Å². The highest BCUT2D eigenvalue weighted by molar-refractivity contribution is 5.95. The summed E-state index contributed by atoms with van der Waals surface area (Å²) in [5.41, 5.74) is 2.48. The van der Waals surface area contributed by atoms with Gasteiger partial charge in [-0.1, -0.05) is 30.3 Å². The highest BCUT2D eigenvalue weighted by atomic mass is 16.5. The zero-order valence-electron chi connectivity index (χ0n) is 17.9. The van der Waals surface area contributed by atoms with E-state index in [1.165, 1.54) is 6.07 Å². The molecule has 1 unspecified atom stereocenters. The molecule has 6 nitrogen and oxygen atoms in total. The minimum absolute atomic E-state index is 0.173. The quantitative estimate of drug-likeness (QED) is 0.455. The number of benzene rings is 2. The second-order valence-electron chi connectivity index (χ2n) is 7.62. The van der Waals surface area contributed by atoms with Crippen molar-refractivity contribution in [3.8, 4) is 16.9 Å². The van der Waals surface area contributed by atoms with Crippen molar-refractivity contribution < 1.29 is 13.9 Å². The Morgan fingerprint density at radius 2 is 1.90 bits per heavy atom. The molecule has 158 valence electrons. The number of nitrogens with one attached hydrogen (secondary N) is 1. The summed E-state index contributed by atoms with van der Waals surface area (Å²) >= 11 is 0. The molecule has 1 N–H and O–H groups in total. The van der Waals surface area contributed by atoms with E-state index in [2.05, 4.69) is 10.2 Å². The Morgan fingerprint density at radius 1 is 1.17 bits per heavy atom. The first-order valence-corrected chi connectivity index (χ1v) is 10.1. The molecule has 1 atom stereocenters. The lowest BCUT2D eigenvalue weighted by molar-refractivity contribution is -0.127. The van der Waals surface area contributed by atoms with Gasteiger partial charge in [-0.2, -0.15) is 0 Å². The highest BCUT2D eigenvalue weighted by Crippen LogP contribution is 2.33. The van der Waals surface area contributed by atoms with Crippen molar-refractivity contribution in [1.82, 2.24) is 10.2 Å². The fourth-order valence-electron chi connectivity index (χ4n) is 3.32. The predicted octanol–water partition coefficient (Wildman–Crippen LogP) is 3.60. The molecule has 1 aromatic heterocycles. The maximum Gasteiger partial charge on any atom is 0.336 e. The van der Waals surface area contributed by atoms with Crippen LogP contribution in [0, 0.1) is 6.92 Å². The summed E-state index contributed by atoms with van der Waals surface area (Å²) in [7, 11) is 4.00. The second-order valence-corrected chi connectivity index (χ2v) is 7.62. The molecular formula is C24H28N2O4. The minimum atomic E-state index is -0.662. The van der Waals surface area contributed by atoms with Gasteiger partial charge in [0, 0.05) is 23.6 Å². The third-order valence-corrected chi connectivity index (χ3v) is 4.95. The van der Waals surface area contributed by atoms with Gasteiger partial charge in [0.2, 0.25) is 0 Å². The molecule has 1 amide bonds. The standard InChI is InChI=1S/C24H28N2O4/c1-16-21(29-17(2)24(28)25-13-8-14-26(3)4)12-11-19-20(15-22(27)30-23(16)19)18-9-6-5-7-10-18/h5-7,9-12,15,17H,8,13-14H2,1-4H3,(H,25,28). The van der Waals surface area contributed by atoms with Gasteiger partial charge in [0.15, 0.2) is 6.10 Å². The monoisotopic (exact) mass is 408 g/mol. The first-order valence-electron chi connectivity index (χ1n) is 10.1. The molecular weight excluding hydrogens is 380 g/mol. The van der Waals surface area contributed by atoms with Gasteiger partial charge in [-0.05, 0) is 64.2 Å². The Bertz CT molecular complexity index is 1070. The number of ether oxygens (including phenoxy) is 1. The van der Waals surface area contributed by atoms with Gasteiger partial charge in [-0.15, -0.1) is 0 Å². The van der Waals surface area contributed by atoms with Crippen LogP contribution in [0.1, 0.15) is 18.9 Å². The second kappa shape index (κ2) is 9.59. The summed E-state index contributed by atoms with van der Waals surface area (Å²) in [6.45, 7) is 5.04. The molecule has 0 saturated heterocycles. The summed E-state index contributed by atoms with van der Waals surface area (Å²) in [6.07, 6.45) is 0.206. The lowest BCUT2D eigenvalue weighted by Crippen LogP contribution is -2.37. The van der Waals surface area contributed by atoms with Crippen LogP contribution in [0.15, 0.2) is 57.7 Å². The number of hydrogen-bond donors (Lipinski definition) is 1. The zero-order valence-corrected chi connectivity index (χ0v) is 17.9. The summed E-state index contributed by atoms with van der Waals surface area (Å²) in [4.78, 5) is 26.6. The van der Waals surface area contributed by atoms with E-state index in [-0.39, 0.29) is 5.91 Å². The number of fused-ring (bicyclic) bond motifs is 1. The van der Waals surface area contributed by atoms with Crippen LogP contribution in [0.4, 0.5) is 0 Å². The number of hydrogen-bond acceptors (Lipinski definition) is 5. The van der Waals surface area contributed by atoms with E-state index in [9.17, 15) is 9.59 Å². The highest BCUT2D eigenvalue weighted by Gasteiger charge is 2.18. The van der Waals surface area contributed by atoms with E-state index in [1.54, 1.807) is 6.92 Å². The first-order chi connectivity index (χ1) is 14.4. The Kier molecular flexibility index (Phi) is 6.90. The van der Waals surface area contributed by atoms with Crippen LogP contribution in [-0.4, -0.2) is 44.1 Å². The van der Waals surface area contributed by atoms with Crippen LogP contribution >= 0.6 is 0 Å². The molecule has 0 bridgehead atoms. The molecule has 0 saturated carbocycles. The van der Waals surface area contributed by atoms with Crippen molar-refractivity contribution in [3.63, 3.8) is 0 Å². The van der Waals surface area contributed by atoms with E-state index in [0.717, 1.165) is 29.5 Å². The molecule has 3 rings (SSSR count). The third kappa shape index (κ3) is 5.07. The fourth-order valence-corrected chi connectivity index (χ4v) is 3.32. The van der Waals surface area contributed by atoms with Gasteiger partial charge in [0.1, 0.15) is 11.3 Å². The molecule has 0 fully saturated rings. The summed E-state index contributed by atoms with van der Waals surface area (Å²) < 4.78 is 11.4. The number of aryl methyl sites for hydroxylation is 1. The number of carbonyl (C=O) groups excluding carboxylic acids is 1. The maximum atomic E-state index is 12.3. The average Bonchev–Trinajstić information content (AvgIpc) is 2.73. The van der Waals surface area contributed by atoms with Crippen molar-refractivity contribution in [2.24, 2.45) is 0 Å². The predicted molar refractivity (Wildman–Crippen MR) is 119 cm³/mol.